The van der Waals surface area contributed by atoms with Crippen LogP contribution in [0.1, 0.15) is 22.6 Å². The van der Waals surface area contributed by atoms with E-state index < -0.39 is 0 Å². The van der Waals surface area contributed by atoms with Crippen molar-refractivity contribution in [3.05, 3.63) is 100 Å². The number of para-hydroxylation sites is 3. The largest absolute Gasteiger partial charge is 0.340 e. The van der Waals surface area contributed by atoms with Crippen molar-refractivity contribution in [3.63, 3.8) is 0 Å². The van der Waals surface area contributed by atoms with E-state index in [9.17, 15) is 9.65 Å². The van der Waals surface area contributed by atoms with E-state index in [2.05, 4.69) is 20.6 Å². The highest BCUT2D eigenvalue weighted by Crippen LogP contribution is 2.31. The first-order valence-electron chi connectivity index (χ1n) is 10.1. The molecule has 0 aliphatic heterocycles. The number of rotatable bonds is 4. The van der Waals surface area contributed by atoms with Gasteiger partial charge >= 0.3 is 0 Å². The number of aromatic nitrogens is 3. The Balaban J connectivity index is 1.65. The molecule has 0 bridgehead atoms. The van der Waals surface area contributed by atoms with Gasteiger partial charge in [-0.15, -0.1) is 0 Å². The number of allylic oxidation sites excluding steroid dienone is 1. The van der Waals surface area contributed by atoms with Crippen LogP contribution >= 0.6 is 11.6 Å². The molecule has 3 aromatic carbocycles. The van der Waals surface area contributed by atoms with Crippen LogP contribution in [-0.4, -0.2) is 14.5 Å². The second kappa shape index (κ2) is 7.99. The van der Waals surface area contributed by atoms with Gasteiger partial charge in [-0.3, -0.25) is 0 Å². The van der Waals surface area contributed by atoms with Crippen molar-refractivity contribution in [1.82, 2.24) is 14.5 Å². The Morgan fingerprint density at radius 3 is 2.72 bits per heavy atom. The van der Waals surface area contributed by atoms with Gasteiger partial charge in [0.25, 0.3) is 0 Å². The molecule has 5 aromatic rings. The third-order valence-corrected chi connectivity index (χ3v) is 6.03. The molecule has 0 fully saturated rings. The van der Waals surface area contributed by atoms with Gasteiger partial charge in [0, 0.05) is 33.7 Å². The highest BCUT2D eigenvalue weighted by molar-refractivity contribution is 6.31. The van der Waals surface area contributed by atoms with Gasteiger partial charge in [-0.1, -0.05) is 48.0 Å². The lowest BCUT2D eigenvalue weighted by Gasteiger charge is -2.10. The molecule has 0 spiro atoms. The summed E-state index contributed by atoms with van der Waals surface area (Å²) in [5.41, 5.74) is 5.91. The monoisotopic (exact) mass is 440 g/mol. The fourth-order valence-electron chi connectivity index (χ4n) is 4.04. The molecule has 1 N–H and O–H groups in total. The average Bonchev–Trinajstić information content (AvgIpc) is 3.33. The lowest BCUT2D eigenvalue weighted by molar-refractivity contribution is 0.626. The molecule has 0 aliphatic rings. The lowest BCUT2D eigenvalue weighted by Crippen LogP contribution is -2.03. The molecule has 5 rings (SSSR count). The molecule has 32 heavy (non-hydrogen) atoms. The van der Waals surface area contributed by atoms with E-state index in [0.717, 1.165) is 38.8 Å². The number of H-pyrrole nitrogens is 1. The van der Waals surface area contributed by atoms with Crippen molar-refractivity contribution in [2.24, 2.45) is 0 Å². The summed E-state index contributed by atoms with van der Waals surface area (Å²) >= 11 is 6.29. The van der Waals surface area contributed by atoms with Crippen molar-refractivity contribution in [2.45, 2.75) is 13.5 Å². The third-order valence-electron chi connectivity index (χ3n) is 5.68. The normalized spacial score (nSPS) is 11.9. The van der Waals surface area contributed by atoms with E-state index in [-0.39, 0.29) is 5.82 Å². The van der Waals surface area contributed by atoms with Crippen LogP contribution in [0.15, 0.2) is 66.7 Å². The topological polar surface area (TPSA) is 57.4 Å². The Labute approximate surface area is 189 Å². The Morgan fingerprint density at radius 1 is 1.16 bits per heavy atom. The van der Waals surface area contributed by atoms with Gasteiger partial charge in [-0.2, -0.15) is 5.26 Å². The van der Waals surface area contributed by atoms with Gasteiger partial charge in [0.1, 0.15) is 17.7 Å². The summed E-state index contributed by atoms with van der Waals surface area (Å²) in [5, 5.41) is 11.3. The second-order valence-electron chi connectivity index (χ2n) is 7.61. The first-order valence-corrected chi connectivity index (χ1v) is 10.5. The highest BCUT2D eigenvalue weighted by Gasteiger charge is 2.16. The maximum atomic E-state index is 13.5. The van der Waals surface area contributed by atoms with Gasteiger partial charge in [0.15, 0.2) is 0 Å². The number of nitriles is 1. The molecule has 2 heterocycles. The quantitative estimate of drug-likeness (QED) is 0.315. The smallest absolute Gasteiger partial charge is 0.149 e. The average molecular weight is 441 g/mol. The zero-order valence-corrected chi connectivity index (χ0v) is 18.0. The molecule has 6 heteroatoms. The van der Waals surface area contributed by atoms with Crippen molar-refractivity contribution in [2.75, 3.05) is 0 Å². The fraction of sp³-hybridized carbons (Fsp3) is 0.0769. The van der Waals surface area contributed by atoms with Crippen LogP contribution in [0.2, 0.25) is 5.02 Å². The van der Waals surface area contributed by atoms with E-state index in [1.54, 1.807) is 6.07 Å². The highest BCUT2D eigenvalue weighted by atomic mass is 35.5. The maximum Gasteiger partial charge on any atom is 0.149 e. The van der Waals surface area contributed by atoms with Crippen molar-refractivity contribution in [1.29, 1.82) is 5.26 Å². The van der Waals surface area contributed by atoms with Crippen LogP contribution < -0.4 is 0 Å². The van der Waals surface area contributed by atoms with Gasteiger partial charge in [-0.25, -0.2) is 9.37 Å². The Bertz CT molecular complexity index is 1520. The lowest BCUT2D eigenvalue weighted by atomic mass is 10.1. The minimum Gasteiger partial charge on any atom is -0.340 e. The summed E-state index contributed by atoms with van der Waals surface area (Å²) in [6, 6.07) is 22.4. The summed E-state index contributed by atoms with van der Waals surface area (Å²) in [4.78, 5) is 7.81. The number of hydrogen-bond donors (Lipinski definition) is 1. The van der Waals surface area contributed by atoms with Crippen LogP contribution in [0.5, 0.6) is 0 Å². The number of imidazole rings is 1. The minimum absolute atomic E-state index is 0.360. The van der Waals surface area contributed by atoms with Crippen LogP contribution in [0.3, 0.4) is 0 Å². The predicted octanol–water partition coefficient (Wildman–Crippen LogP) is 6.73. The summed E-state index contributed by atoms with van der Waals surface area (Å²) < 4.78 is 15.6. The molecular weight excluding hydrogens is 423 g/mol. The first-order chi connectivity index (χ1) is 15.5. The Morgan fingerprint density at radius 2 is 1.94 bits per heavy atom. The van der Waals surface area contributed by atoms with Crippen molar-refractivity contribution >= 4 is 45.2 Å². The van der Waals surface area contributed by atoms with Crippen LogP contribution in [0.4, 0.5) is 4.39 Å². The Hall–Kier alpha value is -3.88. The van der Waals surface area contributed by atoms with E-state index in [1.807, 2.05) is 61.5 Å². The second-order valence-corrected chi connectivity index (χ2v) is 8.02. The number of benzene rings is 3. The molecule has 0 radical (unpaired) electrons. The van der Waals surface area contributed by atoms with E-state index in [4.69, 9.17) is 11.6 Å². The van der Waals surface area contributed by atoms with Crippen LogP contribution in [-0.2, 0) is 6.54 Å². The number of fused-ring (bicyclic) bond motifs is 2. The SMILES string of the molecule is Cc1c(C=C(C#N)c2nc3ccccc3[nH]2)c2ccccc2n1Cc1ccc(F)cc1Cl. The molecule has 0 amide bonds. The Kier molecular flexibility index (Phi) is 5.01. The molecular formula is C26H18ClFN4. The van der Waals surface area contributed by atoms with E-state index in [0.29, 0.717) is 23.0 Å². The maximum absolute atomic E-state index is 13.5. The zero-order chi connectivity index (χ0) is 22.2. The number of nitrogens with zero attached hydrogens (tertiary/aromatic N) is 3. The minimum atomic E-state index is -0.360. The number of hydrogen-bond acceptors (Lipinski definition) is 2. The van der Waals surface area contributed by atoms with Gasteiger partial charge < -0.3 is 9.55 Å². The molecule has 0 unspecified atom stereocenters. The summed E-state index contributed by atoms with van der Waals surface area (Å²) in [6.07, 6.45) is 1.87. The van der Waals surface area contributed by atoms with Crippen LogP contribution in [0, 0.1) is 24.1 Å². The standard InChI is InChI=1S/C26H18ClFN4/c1-16-21(12-18(14-29)26-30-23-7-3-4-8-24(23)31-26)20-6-2-5-9-25(20)32(16)15-17-10-11-19(28)13-22(17)27/h2-13H,15H2,1H3,(H,30,31). The molecule has 0 aliphatic carbocycles. The summed E-state index contributed by atoms with van der Waals surface area (Å²) in [7, 11) is 0. The van der Waals surface area contributed by atoms with E-state index in [1.165, 1.54) is 12.1 Å². The van der Waals surface area contributed by atoms with Crippen molar-refractivity contribution < 1.29 is 4.39 Å². The molecule has 0 atom stereocenters. The first kappa shape index (κ1) is 20.0. The van der Waals surface area contributed by atoms with Gasteiger partial charge in [-0.05, 0) is 48.9 Å². The zero-order valence-electron chi connectivity index (χ0n) is 17.2. The van der Waals surface area contributed by atoms with Crippen molar-refractivity contribution in [3.8, 4) is 6.07 Å². The van der Waals surface area contributed by atoms with Gasteiger partial charge in [0.2, 0.25) is 0 Å². The summed E-state index contributed by atoms with van der Waals surface area (Å²) in [5.74, 6) is 0.174. The molecule has 156 valence electrons. The summed E-state index contributed by atoms with van der Waals surface area (Å²) in [6.45, 7) is 2.50. The fourth-order valence-corrected chi connectivity index (χ4v) is 4.27. The number of aromatic amines is 1. The van der Waals surface area contributed by atoms with Gasteiger partial charge in [0.05, 0.1) is 16.6 Å². The number of halogens is 2. The van der Waals surface area contributed by atoms with Crippen LogP contribution in [0.25, 0.3) is 33.6 Å². The number of nitrogens with one attached hydrogen (secondary N) is 1. The molecule has 0 saturated carbocycles. The molecule has 2 aromatic heterocycles. The third kappa shape index (κ3) is 3.45. The molecule has 4 nitrogen and oxygen atoms in total. The molecule has 0 saturated heterocycles. The predicted molar refractivity (Wildman–Crippen MR) is 127 cm³/mol. The van der Waals surface area contributed by atoms with E-state index >= 15 is 0 Å².